The Bertz CT molecular complexity index is 482. The van der Waals surface area contributed by atoms with E-state index in [1.165, 1.54) is 30.4 Å². The minimum Gasteiger partial charge on any atom is -0.331 e. The van der Waals surface area contributed by atoms with Crippen molar-refractivity contribution >= 4 is 6.03 Å². The van der Waals surface area contributed by atoms with Crippen molar-refractivity contribution in [2.75, 3.05) is 27.2 Å². The lowest BCUT2D eigenvalue weighted by Gasteiger charge is -2.34. The summed E-state index contributed by atoms with van der Waals surface area (Å²) in [6, 6.07) is 9.45. The average Bonchev–Trinajstić information content (AvgIpc) is 2.46. The van der Waals surface area contributed by atoms with Crippen LogP contribution in [0.15, 0.2) is 24.3 Å². The van der Waals surface area contributed by atoms with Crippen LogP contribution in [0.5, 0.6) is 0 Å². The van der Waals surface area contributed by atoms with Gasteiger partial charge in [0.25, 0.3) is 0 Å². The minimum atomic E-state index is 0.147. The zero-order valence-electron chi connectivity index (χ0n) is 13.2. The van der Waals surface area contributed by atoms with E-state index in [1.807, 2.05) is 19.0 Å². The van der Waals surface area contributed by atoms with Crippen molar-refractivity contribution in [3.05, 3.63) is 35.4 Å². The molecule has 1 aromatic carbocycles. The molecule has 0 radical (unpaired) electrons. The Hall–Kier alpha value is -1.51. The number of piperidine rings is 1. The third-order valence-electron chi connectivity index (χ3n) is 5.13. The Morgan fingerprint density at radius 1 is 0.952 bits per heavy atom. The summed E-state index contributed by atoms with van der Waals surface area (Å²) in [7, 11) is 3.65. The van der Waals surface area contributed by atoms with E-state index in [0.29, 0.717) is 5.92 Å². The van der Waals surface area contributed by atoms with E-state index in [0.717, 1.165) is 31.8 Å². The van der Waals surface area contributed by atoms with E-state index < -0.39 is 0 Å². The third kappa shape index (κ3) is 3.07. The van der Waals surface area contributed by atoms with E-state index in [1.54, 1.807) is 4.90 Å². The van der Waals surface area contributed by atoms with Gasteiger partial charge in [-0.2, -0.15) is 0 Å². The first kappa shape index (κ1) is 14.4. The second-order valence-electron chi connectivity index (χ2n) is 6.73. The summed E-state index contributed by atoms with van der Waals surface area (Å²) >= 11 is 0. The Morgan fingerprint density at radius 3 is 1.81 bits per heavy atom. The van der Waals surface area contributed by atoms with Gasteiger partial charge >= 0.3 is 6.03 Å². The van der Waals surface area contributed by atoms with Gasteiger partial charge in [-0.1, -0.05) is 30.7 Å². The molecule has 114 valence electrons. The highest BCUT2D eigenvalue weighted by molar-refractivity contribution is 5.73. The van der Waals surface area contributed by atoms with Gasteiger partial charge in [0.05, 0.1) is 0 Å². The molecule has 2 fully saturated rings. The summed E-state index contributed by atoms with van der Waals surface area (Å²) in [5.74, 6) is 1.44. The molecule has 1 aliphatic heterocycles. The molecule has 3 heteroatoms. The molecule has 1 saturated heterocycles. The number of rotatable bonds is 2. The molecule has 3 nitrogen and oxygen atoms in total. The quantitative estimate of drug-likeness (QED) is 0.811. The molecule has 0 bridgehead atoms. The molecule has 1 aliphatic carbocycles. The Kier molecular flexibility index (Phi) is 4.18. The third-order valence-corrected chi connectivity index (χ3v) is 5.13. The van der Waals surface area contributed by atoms with Gasteiger partial charge in [0.1, 0.15) is 0 Å². The monoisotopic (exact) mass is 286 g/mol. The van der Waals surface area contributed by atoms with E-state index >= 15 is 0 Å². The van der Waals surface area contributed by atoms with Crippen LogP contribution in [0.3, 0.4) is 0 Å². The normalized spacial score (nSPS) is 20.2. The summed E-state index contributed by atoms with van der Waals surface area (Å²) in [4.78, 5) is 15.6. The van der Waals surface area contributed by atoms with Crippen molar-refractivity contribution in [2.45, 2.75) is 43.9 Å². The molecule has 1 aromatic rings. The smallest absolute Gasteiger partial charge is 0.319 e. The zero-order valence-corrected chi connectivity index (χ0v) is 13.2. The molecule has 0 unspecified atom stereocenters. The van der Waals surface area contributed by atoms with Crippen molar-refractivity contribution in [1.29, 1.82) is 0 Å². The van der Waals surface area contributed by atoms with Gasteiger partial charge in [0, 0.05) is 27.2 Å². The van der Waals surface area contributed by atoms with Crippen molar-refractivity contribution < 1.29 is 4.79 Å². The van der Waals surface area contributed by atoms with E-state index in [9.17, 15) is 4.79 Å². The number of benzene rings is 1. The maximum absolute atomic E-state index is 12.0. The molecular weight excluding hydrogens is 260 g/mol. The van der Waals surface area contributed by atoms with Crippen LogP contribution < -0.4 is 0 Å². The summed E-state index contributed by atoms with van der Waals surface area (Å²) in [6.45, 7) is 1.76. The van der Waals surface area contributed by atoms with Crippen molar-refractivity contribution in [3.63, 3.8) is 0 Å². The Labute approximate surface area is 127 Å². The van der Waals surface area contributed by atoms with E-state index in [4.69, 9.17) is 0 Å². The van der Waals surface area contributed by atoms with Crippen LogP contribution in [-0.4, -0.2) is 43.0 Å². The standard InChI is InChI=1S/C18H26N2O/c1-19(2)18(21)20-12-10-17(11-13-20)16-8-6-15(7-9-16)14-4-3-5-14/h6-9,14,17H,3-5,10-13H2,1-2H3. The van der Waals surface area contributed by atoms with Gasteiger partial charge in [-0.3, -0.25) is 0 Å². The molecule has 0 spiro atoms. The highest BCUT2D eigenvalue weighted by atomic mass is 16.2. The van der Waals surface area contributed by atoms with Crippen LogP contribution in [0.1, 0.15) is 55.1 Å². The number of hydrogen-bond acceptors (Lipinski definition) is 1. The maximum atomic E-state index is 12.0. The molecule has 1 saturated carbocycles. The number of carbonyl (C=O) groups is 1. The lowest BCUT2D eigenvalue weighted by molar-refractivity contribution is 0.156. The number of amides is 2. The summed E-state index contributed by atoms with van der Waals surface area (Å²) < 4.78 is 0. The van der Waals surface area contributed by atoms with Crippen molar-refractivity contribution in [1.82, 2.24) is 9.80 Å². The number of likely N-dealkylation sites (tertiary alicyclic amines) is 1. The van der Waals surface area contributed by atoms with Gasteiger partial charge in [-0.15, -0.1) is 0 Å². The first-order chi connectivity index (χ1) is 10.1. The summed E-state index contributed by atoms with van der Waals surface area (Å²) in [6.07, 6.45) is 6.30. The van der Waals surface area contributed by atoms with Gasteiger partial charge in [-0.25, -0.2) is 4.79 Å². The molecular formula is C18H26N2O. The van der Waals surface area contributed by atoms with E-state index in [-0.39, 0.29) is 6.03 Å². The molecule has 2 amide bonds. The van der Waals surface area contributed by atoms with Crippen LogP contribution in [0.4, 0.5) is 4.79 Å². The first-order valence-electron chi connectivity index (χ1n) is 8.21. The second-order valence-corrected chi connectivity index (χ2v) is 6.73. The zero-order chi connectivity index (χ0) is 14.8. The van der Waals surface area contributed by atoms with Crippen LogP contribution in [0.25, 0.3) is 0 Å². The molecule has 21 heavy (non-hydrogen) atoms. The molecule has 0 N–H and O–H groups in total. The Balaban J connectivity index is 1.57. The predicted molar refractivity (Wildman–Crippen MR) is 85.7 cm³/mol. The molecule has 1 heterocycles. The van der Waals surface area contributed by atoms with Crippen LogP contribution in [0, 0.1) is 0 Å². The molecule has 3 rings (SSSR count). The van der Waals surface area contributed by atoms with Gasteiger partial charge in [0.2, 0.25) is 0 Å². The van der Waals surface area contributed by atoms with Crippen molar-refractivity contribution in [2.24, 2.45) is 0 Å². The lowest BCUT2D eigenvalue weighted by Crippen LogP contribution is -2.43. The number of urea groups is 1. The second kappa shape index (κ2) is 6.08. The topological polar surface area (TPSA) is 23.6 Å². The minimum absolute atomic E-state index is 0.147. The summed E-state index contributed by atoms with van der Waals surface area (Å²) in [5.41, 5.74) is 2.97. The largest absolute Gasteiger partial charge is 0.331 e. The van der Waals surface area contributed by atoms with Gasteiger partial charge in [-0.05, 0) is 48.6 Å². The highest BCUT2D eigenvalue weighted by Crippen LogP contribution is 2.37. The molecule has 2 aliphatic rings. The summed E-state index contributed by atoms with van der Waals surface area (Å²) in [5, 5.41) is 0. The van der Waals surface area contributed by atoms with Crippen LogP contribution in [-0.2, 0) is 0 Å². The number of carbonyl (C=O) groups excluding carboxylic acids is 1. The van der Waals surface area contributed by atoms with Crippen LogP contribution >= 0.6 is 0 Å². The predicted octanol–water partition coefficient (Wildman–Crippen LogP) is 3.82. The van der Waals surface area contributed by atoms with Crippen molar-refractivity contribution in [3.8, 4) is 0 Å². The molecule has 0 atom stereocenters. The average molecular weight is 286 g/mol. The van der Waals surface area contributed by atoms with Gasteiger partial charge in [0.15, 0.2) is 0 Å². The first-order valence-corrected chi connectivity index (χ1v) is 8.21. The Morgan fingerprint density at radius 2 is 1.43 bits per heavy atom. The fourth-order valence-corrected chi connectivity index (χ4v) is 3.47. The van der Waals surface area contributed by atoms with E-state index in [2.05, 4.69) is 24.3 Å². The maximum Gasteiger partial charge on any atom is 0.319 e. The van der Waals surface area contributed by atoms with Gasteiger partial charge < -0.3 is 9.80 Å². The fraction of sp³-hybridized carbons (Fsp3) is 0.611. The SMILES string of the molecule is CN(C)C(=O)N1CCC(c2ccc(C3CCC3)cc2)CC1. The van der Waals surface area contributed by atoms with Crippen LogP contribution in [0.2, 0.25) is 0 Å². The lowest BCUT2D eigenvalue weighted by atomic mass is 9.79. The highest BCUT2D eigenvalue weighted by Gasteiger charge is 2.25. The number of hydrogen-bond donors (Lipinski definition) is 0. The molecule has 0 aromatic heterocycles. The number of nitrogens with zero attached hydrogens (tertiary/aromatic N) is 2. The fourth-order valence-electron chi connectivity index (χ4n) is 3.47.